The number of hydrogen-bond acceptors (Lipinski definition) is 7. The summed E-state index contributed by atoms with van der Waals surface area (Å²) in [5.74, 6) is 0.294. The molecule has 0 radical (unpaired) electrons. The minimum Gasteiger partial charge on any atom is -0.394 e. The second-order valence-corrected chi connectivity index (χ2v) is 7.65. The third-order valence-corrected chi connectivity index (χ3v) is 5.38. The number of aliphatic hydroxyl groups excluding tert-OH is 1. The van der Waals surface area contributed by atoms with Crippen molar-refractivity contribution in [2.45, 2.75) is 12.3 Å². The zero-order valence-corrected chi connectivity index (χ0v) is 14.0. The van der Waals surface area contributed by atoms with Crippen LogP contribution in [0.15, 0.2) is 12.7 Å². The van der Waals surface area contributed by atoms with Crippen molar-refractivity contribution in [1.82, 2.24) is 28.9 Å². The molecule has 11 heteroatoms. The molecule has 1 saturated heterocycles. The number of morpholine rings is 1. The quantitative estimate of drug-likeness (QED) is 0.712. The summed E-state index contributed by atoms with van der Waals surface area (Å²) in [6.45, 7) is 0.661. The van der Waals surface area contributed by atoms with Crippen LogP contribution in [-0.4, -0.2) is 73.9 Å². The van der Waals surface area contributed by atoms with Crippen molar-refractivity contribution in [3.05, 3.63) is 12.7 Å². The number of rotatable bonds is 4. The average Bonchev–Trinajstić information content (AvgIpc) is 2.99. The monoisotopic (exact) mass is 341 g/mol. The van der Waals surface area contributed by atoms with E-state index in [0.717, 1.165) is 0 Å². The maximum atomic E-state index is 12.4. The summed E-state index contributed by atoms with van der Waals surface area (Å²) in [7, 11) is 1.43. The van der Waals surface area contributed by atoms with E-state index in [2.05, 4.69) is 15.0 Å². The molecule has 1 aliphatic heterocycles. The molecule has 0 amide bonds. The number of hydrogen-bond donors (Lipinski definition) is 2. The van der Waals surface area contributed by atoms with Gasteiger partial charge in [0.25, 0.3) is 0 Å². The SMILES string of the molecule is CN(C)[PH](=O)N1CC(n2cnc3c(N)ncnc32)O[C@H](CO)C1. The number of anilines is 1. The Labute approximate surface area is 133 Å². The summed E-state index contributed by atoms with van der Waals surface area (Å²) < 4.78 is 23.5. The molecule has 10 nitrogen and oxygen atoms in total. The van der Waals surface area contributed by atoms with Crippen molar-refractivity contribution in [2.24, 2.45) is 0 Å². The summed E-state index contributed by atoms with van der Waals surface area (Å²) in [5, 5.41) is 9.48. The average molecular weight is 341 g/mol. The first kappa shape index (κ1) is 16.3. The van der Waals surface area contributed by atoms with E-state index in [9.17, 15) is 9.67 Å². The van der Waals surface area contributed by atoms with Crippen molar-refractivity contribution in [3.63, 3.8) is 0 Å². The summed E-state index contributed by atoms with van der Waals surface area (Å²) in [6, 6.07) is 0. The molecule has 0 aliphatic carbocycles. The van der Waals surface area contributed by atoms with Gasteiger partial charge in [-0.3, -0.25) is 9.13 Å². The summed E-state index contributed by atoms with van der Waals surface area (Å²) >= 11 is 0. The molecule has 23 heavy (non-hydrogen) atoms. The molecule has 3 atom stereocenters. The van der Waals surface area contributed by atoms with Crippen LogP contribution in [0.25, 0.3) is 11.2 Å². The number of nitrogen functional groups attached to an aromatic ring is 1. The van der Waals surface area contributed by atoms with Crippen molar-refractivity contribution in [3.8, 4) is 0 Å². The van der Waals surface area contributed by atoms with Gasteiger partial charge in [-0.05, 0) is 14.1 Å². The normalized spacial score (nSPS) is 24.3. The van der Waals surface area contributed by atoms with Gasteiger partial charge in [0.2, 0.25) is 8.10 Å². The third kappa shape index (κ3) is 3.08. The smallest absolute Gasteiger partial charge is 0.204 e. The number of ether oxygens (including phenoxy) is 1. The Morgan fingerprint density at radius 2 is 2.22 bits per heavy atom. The molecule has 0 spiro atoms. The van der Waals surface area contributed by atoms with E-state index in [0.29, 0.717) is 30.1 Å². The van der Waals surface area contributed by atoms with Crippen LogP contribution in [0.3, 0.4) is 0 Å². The molecule has 0 saturated carbocycles. The van der Waals surface area contributed by atoms with Gasteiger partial charge in [0, 0.05) is 6.54 Å². The molecule has 3 heterocycles. The fourth-order valence-corrected chi connectivity index (χ4v) is 3.83. The van der Waals surface area contributed by atoms with E-state index >= 15 is 0 Å². The highest BCUT2D eigenvalue weighted by atomic mass is 31.1. The van der Waals surface area contributed by atoms with E-state index in [1.807, 2.05) is 4.67 Å². The van der Waals surface area contributed by atoms with E-state index in [1.165, 1.54) is 6.33 Å². The van der Waals surface area contributed by atoms with E-state index in [1.54, 1.807) is 29.7 Å². The first-order chi connectivity index (χ1) is 11.0. The molecule has 2 aromatic rings. The topological polar surface area (TPSA) is 123 Å². The van der Waals surface area contributed by atoms with Crippen LogP contribution in [0.4, 0.5) is 5.82 Å². The molecular weight excluding hydrogens is 321 g/mol. The lowest BCUT2D eigenvalue weighted by atomic mass is 10.3. The lowest BCUT2D eigenvalue weighted by molar-refractivity contribution is -0.116. The summed E-state index contributed by atoms with van der Waals surface area (Å²) in [5.41, 5.74) is 6.84. The highest BCUT2D eigenvalue weighted by Gasteiger charge is 2.32. The van der Waals surface area contributed by atoms with E-state index in [4.69, 9.17) is 10.5 Å². The van der Waals surface area contributed by atoms with Gasteiger partial charge in [0.15, 0.2) is 11.5 Å². The number of aliphatic hydroxyl groups is 1. The number of imidazole rings is 1. The third-order valence-electron chi connectivity index (χ3n) is 3.70. The van der Waals surface area contributed by atoms with Gasteiger partial charge in [-0.15, -0.1) is 0 Å². The van der Waals surface area contributed by atoms with Gasteiger partial charge >= 0.3 is 0 Å². The molecule has 0 bridgehead atoms. The second-order valence-electron chi connectivity index (χ2n) is 5.56. The lowest BCUT2D eigenvalue weighted by Gasteiger charge is -2.38. The van der Waals surface area contributed by atoms with Crippen LogP contribution in [0.1, 0.15) is 6.23 Å². The highest BCUT2D eigenvalue weighted by Crippen LogP contribution is 2.35. The van der Waals surface area contributed by atoms with E-state index < -0.39 is 20.4 Å². The lowest BCUT2D eigenvalue weighted by Crippen LogP contribution is -2.44. The highest BCUT2D eigenvalue weighted by molar-refractivity contribution is 7.39. The fraction of sp³-hybridized carbons (Fsp3) is 0.583. The van der Waals surface area contributed by atoms with Crippen LogP contribution in [0.2, 0.25) is 0 Å². The standard InChI is InChI=1S/C12H20N7O3P/c1-17(2)23(21)18-3-8(5-20)22-9(4-18)19-7-16-10-11(13)14-6-15-12(10)19/h6-9,20,23H,3-5H2,1-2H3,(H2,13,14,15)/t8-,9?/m0/s1. The number of aromatic nitrogens is 4. The Kier molecular flexibility index (Phi) is 4.60. The second kappa shape index (κ2) is 6.50. The summed E-state index contributed by atoms with van der Waals surface area (Å²) in [6.07, 6.45) is 2.04. The van der Waals surface area contributed by atoms with Crippen molar-refractivity contribution < 1.29 is 14.4 Å². The van der Waals surface area contributed by atoms with Gasteiger partial charge < -0.3 is 15.6 Å². The number of nitrogens with two attached hydrogens (primary N) is 1. The Bertz CT molecular complexity index is 722. The zero-order chi connectivity index (χ0) is 16.6. The summed E-state index contributed by atoms with van der Waals surface area (Å²) in [4.78, 5) is 12.3. The molecular formula is C12H20N7O3P. The van der Waals surface area contributed by atoms with Crippen LogP contribution < -0.4 is 5.73 Å². The van der Waals surface area contributed by atoms with Gasteiger partial charge in [0.05, 0.1) is 25.6 Å². The van der Waals surface area contributed by atoms with Crippen LogP contribution >= 0.6 is 8.10 Å². The van der Waals surface area contributed by atoms with Gasteiger partial charge in [-0.2, -0.15) is 0 Å². The van der Waals surface area contributed by atoms with Crippen LogP contribution in [0.5, 0.6) is 0 Å². The zero-order valence-electron chi connectivity index (χ0n) is 13.0. The number of fused-ring (bicyclic) bond motifs is 1. The van der Waals surface area contributed by atoms with Crippen molar-refractivity contribution in [1.29, 1.82) is 0 Å². The Balaban J connectivity index is 1.93. The largest absolute Gasteiger partial charge is 0.394 e. The van der Waals surface area contributed by atoms with E-state index in [-0.39, 0.29) is 6.61 Å². The maximum Gasteiger partial charge on any atom is 0.204 e. The molecule has 0 aromatic carbocycles. The van der Waals surface area contributed by atoms with Crippen LogP contribution in [0, 0.1) is 0 Å². The predicted molar refractivity (Wildman–Crippen MR) is 85.0 cm³/mol. The predicted octanol–water partition coefficient (Wildman–Crippen LogP) is -0.449. The Hall–Kier alpha value is -1.58. The van der Waals surface area contributed by atoms with Crippen LogP contribution in [-0.2, 0) is 9.30 Å². The Morgan fingerprint density at radius 1 is 1.43 bits per heavy atom. The molecule has 3 N–H and O–H groups in total. The van der Waals surface area contributed by atoms with Gasteiger partial charge in [-0.25, -0.2) is 24.3 Å². The minimum absolute atomic E-state index is 0.153. The Morgan fingerprint density at radius 3 is 2.91 bits per heavy atom. The van der Waals surface area contributed by atoms with Gasteiger partial charge in [0.1, 0.15) is 18.1 Å². The van der Waals surface area contributed by atoms with Crippen molar-refractivity contribution >= 4 is 25.1 Å². The number of nitrogens with zero attached hydrogens (tertiary/aromatic N) is 6. The first-order valence-electron chi connectivity index (χ1n) is 7.16. The maximum absolute atomic E-state index is 12.4. The fourth-order valence-electron chi connectivity index (χ4n) is 2.59. The first-order valence-corrected chi connectivity index (χ1v) is 8.47. The molecule has 2 aromatic heterocycles. The molecule has 1 fully saturated rings. The van der Waals surface area contributed by atoms with Gasteiger partial charge in [-0.1, -0.05) is 0 Å². The molecule has 3 rings (SSSR count). The minimum atomic E-state index is -2.10. The van der Waals surface area contributed by atoms with Crippen molar-refractivity contribution in [2.75, 3.05) is 39.5 Å². The molecule has 2 unspecified atom stereocenters. The molecule has 126 valence electrons. The molecule has 1 aliphatic rings.